The van der Waals surface area contributed by atoms with Gasteiger partial charge in [-0.1, -0.05) is 12.8 Å². The van der Waals surface area contributed by atoms with Gasteiger partial charge in [0.2, 0.25) is 0 Å². The lowest BCUT2D eigenvalue weighted by Gasteiger charge is -2.28. The van der Waals surface area contributed by atoms with Gasteiger partial charge in [-0.15, -0.1) is 0 Å². The van der Waals surface area contributed by atoms with Crippen LogP contribution in [0.25, 0.3) is 5.65 Å². The minimum Gasteiger partial charge on any atom is -0.394 e. The van der Waals surface area contributed by atoms with Gasteiger partial charge in [-0.2, -0.15) is 0 Å². The van der Waals surface area contributed by atoms with Crippen molar-refractivity contribution in [2.24, 2.45) is 5.84 Å². The highest BCUT2D eigenvalue weighted by atomic mass is 16.3. The van der Waals surface area contributed by atoms with Gasteiger partial charge in [0.15, 0.2) is 17.3 Å². The van der Waals surface area contributed by atoms with Crippen LogP contribution in [0, 0.1) is 0 Å². The Bertz CT molecular complexity index is 575. The number of hydrogen-bond donors (Lipinski definition) is 4. The fourth-order valence-corrected chi connectivity index (χ4v) is 2.71. The van der Waals surface area contributed by atoms with Crippen molar-refractivity contribution in [1.29, 1.82) is 0 Å². The Balaban J connectivity index is 2.01. The summed E-state index contributed by atoms with van der Waals surface area (Å²) in [6.45, 7) is 0.0990. The van der Waals surface area contributed by atoms with Crippen molar-refractivity contribution in [3.63, 3.8) is 0 Å². The first-order valence-corrected chi connectivity index (χ1v) is 6.46. The third-order valence-corrected chi connectivity index (χ3v) is 3.77. The summed E-state index contributed by atoms with van der Waals surface area (Å²) in [4.78, 5) is 8.70. The van der Waals surface area contributed by atoms with E-state index in [9.17, 15) is 5.11 Å². The number of fused-ring (bicyclic) bond motifs is 1. The summed E-state index contributed by atoms with van der Waals surface area (Å²) in [7, 11) is 0. The normalized spacial score (nSPS) is 17.8. The molecule has 7 nitrogen and oxygen atoms in total. The molecular formula is C12H18N6O. The molecule has 0 spiro atoms. The Kier molecular flexibility index (Phi) is 3.00. The van der Waals surface area contributed by atoms with Crippen molar-refractivity contribution >= 4 is 17.3 Å². The molecule has 0 bridgehead atoms. The number of nitrogens with zero attached hydrogens (tertiary/aromatic N) is 3. The van der Waals surface area contributed by atoms with Gasteiger partial charge in [0.25, 0.3) is 0 Å². The second-order valence-corrected chi connectivity index (χ2v) is 5.05. The Hall–Kier alpha value is -1.86. The van der Waals surface area contributed by atoms with Gasteiger partial charge in [-0.25, -0.2) is 15.8 Å². The highest BCUT2D eigenvalue weighted by Gasteiger charge is 2.34. The standard InChI is InChI=1S/C12H18N6O/c13-17-9-7-18-6-5-14-11(18)10(15-9)16-12(8-19)3-1-2-4-12/h5-7,17,19H,1-4,8,13H2,(H,15,16). The van der Waals surface area contributed by atoms with E-state index in [1.165, 1.54) is 0 Å². The van der Waals surface area contributed by atoms with Crippen LogP contribution in [0.1, 0.15) is 25.7 Å². The number of nitrogen functional groups attached to an aromatic ring is 1. The zero-order valence-corrected chi connectivity index (χ0v) is 10.6. The van der Waals surface area contributed by atoms with E-state index in [0.29, 0.717) is 11.6 Å². The summed E-state index contributed by atoms with van der Waals surface area (Å²) in [6, 6.07) is 0. The maximum Gasteiger partial charge on any atom is 0.180 e. The van der Waals surface area contributed by atoms with E-state index in [1.54, 1.807) is 12.4 Å². The predicted octanol–water partition coefficient (Wildman–Crippen LogP) is 0.732. The first-order valence-electron chi connectivity index (χ1n) is 6.46. The first kappa shape index (κ1) is 12.2. The van der Waals surface area contributed by atoms with Crippen LogP contribution >= 0.6 is 0 Å². The highest BCUT2D eigenvalue weighted by Crippen LogP contribution is 2.33. The number of rotatable bonds is 4. The topological polar surface area (TPSA) is 100 Å². The molecule has 1 aliphatic rings. The minimum atomic E-state index is -0.285. The molecule has 7 heteroatoms. The van der Waals surface area contributed by atoms with Crippen LogP contribution in [0.5, 0.6) is 0 Å². The molecule has 0 aliphatic heterocycles. The van der Waals surface area contributed by atoms with Crippen molar-refractivity contribution in [3.05, 3.63) is 18.6 Å². The van der Waals surface area contributed by atoms with Crippen LogP contribution < -0.4 is 16.6 Å². The van der Waals surface area contributed by atoms with Gasteiger partial charge in [-0.05, 0) is 12.8 Å². The predicted molar refractivity (Wildman–Crippen MR) is 72.7 cm³/mol. The van der Waals surface area contributed by atoms with Crippen LogP contribution in [0.4, 0.5) is 11.6 Å². The number of aliphatic hydroxyl groups is 1. The van der Waals surface area contributed by atoms with E-state index in [1.807, 2.05) is 10.6 Å². The Morgan fingerprint density at radius 1 is 1.42 bits per heavy atom. The smallest absolute Gasteiger partial charge is 0.180 e. The second-order valence-electron chi connectivity index (χ2n) is 5.05. The van der Waals surface area contributed by atoms with E-state index in [0.717, 1.165) is 31.3 Å². The number of hydrazine groups is 1. The van der Waals surface area contributed by atoms with Crippen molar-refractivity contribution in [1.82, 2.24) is 14.4 Å². The molecule has 0 radical (unpaired) electrons. The summed E-state index contributed by atoms with van der Waals surface area (Å²) < 4.78 is 1.85. The Morgan fingerprint density at radius 3 is 2.89 bits per heavy atom. The van der Waals surface area contributed by atoms with E-state index in [-0.39, 0.29) is 12.1 Å². The molecular weight excluding hydrogens is 244 g/mol. The van der Waals surface area contributed by atoms with E-state index < -0.39 is 0 Å². The number of nitrogens with two attached hydrogens (primary N) is 1. The molecule has 1 saturated carbocycles. The maximum absolute atomic E-state index is 9.67. The van der Waals surface area contributed by atoms with Crippen LogP contribution in [-0.2, 0) is 0 Å². The molecule has 0 unspecified atom stereocenters. The van der Waals surface area contributed by atoms with E-state index in [4.69, 9.17) is 5.84 Å². The van der Waals surface area contributed by atoms with Crippen LogP contribution in [0.3, 0.4) is 0 Å². The number of aliphatic hydroxyl groups excluding tert-OH is 1. The van der Waals surface area contributed by atoms with Crippen molar-refractivity contribution < 1.29 is 5.11 Å². The summed E-state index contributed by atoms with van der Waals surface area (Å²) in [5.74, 6) is 6.63. The van der Waals surface area contributed by atoms with Crippen LogP contribution in [0.15, 0.2) is 18.6 Å². The third kappa shape index (κ3) is 2.11. The maximum atomic E-state index is 9.67. The third-order valence-electron chi connectivity index (χ3n) is 3.77. The molecule has 0 amide bonds. The summed E-state index contributed by atoms with van der Waals surface area (Å²) in [5, 5.41) is 13.0. The fraction of sp³-hybridized carbons (Fsp3) is 0.500. The lowest BCUT2D eigenvalue weighted by atomic mass is 9.99. The highest BCUT2D eigenvalue weighted by molar-refractivity contribution is 5.66. The van der Waals surface area contributed by atoms with Crippen molar-refractivity contribution in [2.75, 3.05) is 17.3 Å². The fourth-order valence-electron chi connectivity index (χ4n) is 2.71. The quantitative estimate of drug-likeness (QED) is 0.479. The molecule has 3 rings (SSSR count). The van der Waals surface area contributed by atoms with Gasteiger partial charge < -0.3 is 20.2 Å². The molecule has 1 aliphatic carbocycles. The van der Waals surface area contributed by atoms with Gasteiger partial charge in [0, 0.05) is 12.4 Å². The molecule has 19 heavy (non-hydrogen) atoms. The Labute approximate surface area is 110 Å². The molecule has 0 aromatic carbocycles. The zero-order valence-electron chi connectivity index (χ0n) is 10.6. The molecule has 102 valence electrons. The molecule has 0 atom stereocenters. The average Bonchev–Trinajstić information content (AvgIpc) is 3.07. The lowest BCUT2D eigenvalue weighted by Crippen LogP contribution is -2.39. The largest absolute Gasteiger partial charge is 0.394 e. The van der Waals surface area contributed by atoms with Crippen molar-refractivity contribution in [3.8, 4) is 0 Å². The lowest BCUT2D eigenvalue weighted by molar-refractivity contribution is 0.214. The molecule has 0 saturated heterocycles. The molecule has 2 heterocycles. The number of aromatic nitrogens is 3. The number of nitrogens with one attached hydrogen (secondary N) is 2. The van der Waals surface area contributed by atoms with Crippen LogP contribution in [0.2, 0.25) is 0 Å². The number of imidazole rings is 1. The summed E-state index contributed by atoms with van der Waals surface area (Å²) >= 11 is 0. The molecule has 2 aromatic rings. The van der Waals surface area contributed by atoms with E-state index >= 15 is 0 Å². The first-order chi connectivity index (χ1) is 9.26. The monoisotopic (exact) mass is 262 g/mol. The summed E-state index contributed by atoms with van der Waals surface area (Å²) in [5.41, 5.74) is 2.99. The summed E-state index contributed by atoms with van der Waals surface area (Å²) in [6.07, 6.45) is 9.44. The molecule has 2 aromatic heterocycles. The molecule has 1 fully saturated rings. The minimum absolute atomic E-state index is 0.0990. The average molecular weight is 262 g/mol. The molecule has 5 N–H and O–H groups in total. The van der Waals surface area contributed by atoms with Gasteiger partial charge in [-0.3, -0.25) is 0 Å². The number of anilines is 2. The zero-order chi connectivity index (χ0) is 13.3. The Morgan fingerprint density at radius 2 is 2.21 bits per heavy atom. The SMILES string of the molecule is NNc1cn2ccnc2c(NC2(CO)CCCC2)n1. The van der Waals surface area contributed by atoms with Crippen molar-refractivity contribution in [2.45, 2.75) is 31.2 Å². The van der Waals surface area contributed by atoms with Gasteiger partial charge in [0.05, 0.1) is 18.3 Å². The van der Waals surface area contributed by atoms with E-state index in [2.05, 4.69) is 20.7 Å². The van der Waals surface area contributed by atoms with Gasteiger partial charge in [0.1, 0.15) is 0 Å². The number of hydrogen-bond acceptors (Lipinski definition) is 6. The van der Waals surface area contributed by atoms with Gasteiger partial charge >= 0.3 is 0 Å². The van der Waals surface area contributed by atoms with Crippen LogP contribution in [-0.4, -0.2) is 31.6 Å². The second kappa shape index (κ2) is 4.67.